The molecule has 0 amide bonds. The van der Waals surface area contributed by atoms with Crippen LogP contribution in [0, 0.1) is 0 Å². The summed E-state index contributed by atoms with van der Waals surface area (Å²) in [5.41, 5.74) is 2.14. The van der Waals surface area contributed by atoms with E-state index in [9.17, 15) is 0 Å². The van der Waals surface area contributed by atoms with Gasteiger partial charge in [-0.15, -0.1) is 0 Å². The van der Waals surface area contributed by atoms with E-state index in [0.29, 0.717) is 0 Å². The molecule has 0 aliphatic rings. The summed E-state index contributed by atoms with van der Waals surface area (Å²) in [6.45, 7) is 6.60. The molecule has 0 saturated heterocycles. The fourth-order valence-electron chi connectivity index (χ4n) is 1.81. The molecular formula is C15H19NOSi. The van der Waals surface area contributed by atoms with Gasteiger partial charge in [-0.1, -0.05) is 36.4 Å². The molecule has 2 aromatic rings. The first-order chi connectivity index (χ1) is 8.56. The summed E-state index contributed by atoms with van der Waals surface area (Å²) in [5, 5.41) is 0. The Morgan fingerprint density at radius 1 is 0.944 bits per heavy atom. The molecule has 3 heteroatoms. The van der Waals surface area contributed by atoms with Crippen molar-refractivity contribution in [3.63, 3.8) is 0 Å². The Balaban J connectivity index is 2.36. The van der Waals surface area contributed by atoms with E-state index < -0.39 is 8.32 Å². The minimum absolute atomic E-state index is 0.0564. The van der Waals surface area contributed by atoms with Gasteiger partial charge in [-0.05, 0) is 37.3 Å². The van der Waals surface area contributed by atoms with E-state index in [4.69, 9.17) is 4.43 Å². The first kappa shape index (κ1) is 13.0. The van der Waals surface area contributed by atoms with Gasteiger partial charge in [0.25, 0.3) is 0 Å². The maximum absolute atomic E-state index is 6.29. The van der Waals surface area contributed by atoms with E-state index in [-0.39, 0.29) is 6.10 Å². The third-order valence-electron chi connectivity index (χ3n) is 2.53. The molecule has 0 unspecified atom stereocenters. The second-order valence-corrected chi connectivity index (χ2v) is 9.74. The third-order valence-corrected chi connectivity index (χ3v) is 3.47. The topological polar surface area (TPSA) is 22.1 Å². The number of aromatic nitrogens is 1. The Labute approximate surface area is 110 Å². The number of pyridine rings is 1. The van der Waals surface area contributed by atoms with Crippen molar-refractivity contribution in [1.82, 2.24) is 4.98 Å². The lowest BCUT2D eigenvalue weighted by Crippen LogP contribution is -2.28. The standard InChI is InChI=1S/C15H19NOSi/c1-18(2,3)17-15(13-9-5-4-6-10-13)14-11-7-8-12-16-14/h4-12,15H,1-3H3/t15-/m0/s1. The normalized spacial score (nSPS) is 13.3. The van der Waals surface area contributed by atoms with Gasteiger partial charge >= 0.3 is 0 Å². The van der Waals surface area contributed by atoms with Crippen LogP contribution in [0.4, 0.5) is 0 Å². The first-order valence-corrected chi connectivity index (χ1v) is 9.61. The maximum atomic E-state index is 6.29. The molecule has 0 aliphatic carbocycles. The molecule has 1 heterocycles. The summed E-state index contributed by atoms with van der Waals surface area (Å²) in [6.07, 6.45) is 1.76. The highest BCUT2D eigenvalue weighted by Gasteiger charge is 2.24. The van der Waals surface area contributed by atoms with E-state index in [1.54, 1.807) is 0 Å². The third kappa shape index (κ3) is 3.52. The van der Waals surface area contributed by atoms with Gasteiger partial charge in [0.05, 0.1) is 5.69 Å². The van der Waals surface area contributed by atoms with E-state index in [2.05, 4.69) is 36.8 Å². The molecule has 0 radical (unpaired) electrons. The van der Waals surface area contributed by atoms with Crippen LogP contribution >= 0.6 is 0 Å². The average Bonchev–Trinajstić information content (AvgIpc) is 2.37. The second-order valence-electron chi connectivity index (χ2n) is 5.28. The molecule has 1 aromatic heterocycles. The van der Waals surface area contributed by atoms with Crippen molar-refractivity contribution in [3.05, 3.63) is 66.0 Å². The fraction of sp³-hybridized carbons (Fsp3) is 0.267. The van der Waals surface area contributed by atoms with Gasteiger partial charge in [0.15, 0.2) is 8.32 Å². The van der Waals surface area contributed by atoms with Crippen LogP contribution < -0.4 is 0 Å². The Morgan fingerprint density at radius 2 is 1.61 bits per heavy atom. The second kappa shape index (κ2) is 5.46. The molecule has 0 spiro atoms. The molecule has 0 saturated carbocycles. The lowest BCUT2D eigenvalue weighted by molar-refractivity contribution is 0.235. The zero-order valence-electron chi connectivity index (χ0n) is 11.1. The van der Waals surface area contributed by atoms with E-state index in [1.165, 1.54) is 5.56 Å². The molecule has 2 nitrogen and oxygen atoms in total. The Kier molecular flexibility index (Phi) is 3.94. The van der Waals surface area contributed by atoms with Crippen molar-refractivity contribution in [2.75, 3.05) is 0 Å². The number of hydrogen-bond acceptors (Lipinski definition) is 2. The van der Waals surface area contributed by atoms with Crippen LogP contribution in [0.3, 0.4) is 0 Å². The molecule has 0 N–H and O–H groups in total. The SMILES string of the molecule is C[Si](C)(C)O[C@@H](c1ccccc1)c1ccccn1. The predicted molar refractivity (Wildman–Crippen MR) is 77.0 cm³/mol. The molecule has 94 valence electrons. The average molecular weight is 257 g/mol. The van der Waals surface area contributed by atoms with Gasteiger partial charge in [-0.3, -0.25) is 4.98 Å². The van der Waals surface area contributed by atoms with Crippen LogP contribution in [-0.2, 0) is 4.43 Å². The summed E-state index contributed by atoms with van der Waals surface area (Å²) in [5.74, 6) is 0. The maximum Gasteiger partial charge on any atom is 0.185 e. The summed E-state index contributed by atoms with van der Waals surface area (Å²) < 4.78 is 6.29. The fourth-order valence-corrected chi connectivity index (χ4v) is 2.78. The van der Waals surface area contributed by atoms with Crippen molar-refractivity contribution in [3.8, 4) is 0 Å². The van der Waals surface area contributed by atoms with Crippen LogP contribution in [0.2, 0.25) is 19.6 Å². The first-order valence-electron chi connectivity index (χ1n) is 6.20. The Morgan fingerprint density at radius 3 is 2.17 bits per heavy atom. The van der Waals surface area contributed by atoms with Crippen molar-refractivity contribution in [2.45, 2.75) is 25.7 Å². The summed E-state index contributed by atoms with van der Waals surface area (Å²) in [7, 11) is -1.63. The lowest BCUT2D eigenvalue weighted by atomic mass is 10.1. The molecule has 1 atom stereocenters. The molecule has 0 fully saturated rings. The molecule has 0 bridgehead atoms. The number of rotatable bonds is 4. The van der Waals surface area contributed by atoms with Crippen molar-refractivity contribution in [1.29, 1.82) is 0 Å². The van der Waals surface area contributed by atoms with Gasteiger partial charge in [0.1, 0.15) is 6.10 Å². The molecule has 1 aromatic carbocycles. The van der Waals surface area contributed by atoms with Gasteiger partial charge in [0.2, 0.25) is 0 Å². The smallest absolute Gasteiger partial charge is 0.185 e. The van der Waals surface area contributed by atoms with Gasteiger partial charge in [0, 0.05) is 6.20 Å². The quantitative estimate of drug-likeness (QED) is 0.772. The largest absolute Gasteiger partial charge is 0.405 e. The number of nitrogens with zero attached hydrogens (tertiary/aromatic N) is 1. The Bertz CT molecular complexity index is 439. The summed E-state index contributed by atoms with van der Waals surface area (Å²) in [6, 6.07) is 16.3. The van der Waals surface area contributed by atoms with Crippen molar-refractivity contribution in [2.24, 2.45) is 0 Å². The minimum Gasteiger partial charge on any atom is -0.405 e. The molecule has 0 aliphatic heterocycles. The van der Waals surface area contributed by atoms with E-state index in [1.807, 2.05) is 42.6 Å². The lowest BCUT2D eigenvalue weighted by Gasteiger charge is -2.26. The van der Waals surface area contributed by atoms with Crippen molar-refractivity contribution < 1.29 is 4.43 Å². The monoisotopic (exact) mass is 257 g/mol. The Hall–Kier alpha value is -1.45. The van der Waals surface area contributed by atoms with Crippen LogP contribution in [0.1, 0.15) is 17.4 Å². The highest BCUT2D eigenvalue weighted by Crippen LogP contribution is 2.27. The van der Waals surface area contributed by atoms with Crippen LogP contribution in [0.25, 0.3) is 0 Å². The van der Waals surface area contributed by atoms with E-state index in [0.717, 1.165) is 5.69 Å². The van der Waals surface area contributed by atoms with Gasteiger partial charge in [-0.25, -0.2) is 0 Å². The van der Waals surface area contributed by atoms with Crippen LogP contribution in [0.15, 0.2) is 54.7 Å². The molecular weight excluding hydrogens is 238 g/mol. The van der Waals surface area contributed by atoms with Gasteiger partial charge < -0.3 is 4.43 Å². The van der Waals surface area contributed by atoms with Gasteiger partial charge in [-0.2, -0.15) is 0 Å². The molecule has 18 heavy (non-hydrogen) atoms. The highest BCUT2D eigenvalue weighted by atomic mass is 28.4. The number of hydrogen-bond donors (Lipinski definition) is 0. The molecule has 2 rings (SSSR count). The van der Waals surface area contributed by atoms with Crippen molar-refractivity contribution >= 4 is 8.32 Å². The zero-order valence-corrected chi connectivity index (χ0v) is 12.1. The van der Waals surface area contributed by atoms with Crippen LogP contribution in [-0.4, -0.2) is 13.3 Å². The number of benzene rings is 1. The highest BCUT2D eigenvalue weighted by molar-refractivity contribution is 6.69. The summed E-state index contributed by atoms with van der Waals surface area (Å²) >= 11 is 0. The van der Waals surface area contributed by atoms with E-state index >= 15 is 0 Å². The zero-order chi connectivity index (χ0) is 13.0. The minimum atomic E-state index is -1.63. The predicted octanol–water partition coefficient (Wildman–Crippen LogP) is 4.02. The summed E-state index contributed by atoms with van der Waals surface area (Å²) in [4.78, 5) is 4.44. The van der Waals surface area contributed by atoms with Crippen LogP contribution in [0.5, 0.6) is 0 Å².